The van der Waals surface area contributed by atoms with E-state index in [0.29, 0.717) is 11.2 Å². The number of nitrogens with one attached hydrogen (secondary N) is 1. The minimum atomic E-state index is -0.215. The van der Waals surface area contributed by atoms with E-state index in [1.807, 2.05) is 4.57 Å². The van der Waals surface area contributed by atoms with E-state index in [1.54, 1.807) is 6.33 Å². The molecule has 1 fully saturated rings. The summed E-state index contributed by atoms with van der Waals surface area (Å²) in [6, 6.07) is 0.208. The van der Waals surface area contributed by atoms with Gasteiger partial charge in [0.05, 0.1) is 12.7 Å². The zero-order chi connectivity index (χ0) is 11.8. The van der Waals surface area contributed by atoms with Gasteiger partial charge in [0.2, 0.25) is 0 Å². The zero-order valence-corrected chi connectivity index (χ0v) is 9.33. The summed E-state index contributed by atoms with van der Waals surface area (Å²) in [6.07, 6.45) is 6.17. The maximum Gasteiger partial charge on any atom is 0.278 e. The van der Waals surface area contributed by atoms with Gasteiger partial charge in [-0.1, -0.05) is 6.42 Å². The fourth-order valence-corrected chi connectivity index (χ4v) is 2.70. The SMILES string of the molecule is O=c1[nH]cnc2c1ncn2[C@@H]1CCC[C@@H]1CO. The Morgan fingerprint density at radius 1 is 1.47 bits per heavy atom. The van der Waals surface area contributed by atoms with E-state index in [2.05, 4.69) is 15.0 Å². The Kier molecular flexibility index (Phi) is 2.44. The molecule has 2 aromatic rings. The lowest BCUT2D eigenvalue weighted by atomic mass is 10.1. The van der Waals surface area contributed by atoms with Crippen molar-refractivity contribution in [1.29, 1.82) is 0 Å². The van der Waals surface area contributed by atoms with Gasteiger partial charge in [-0.2, -0.15) is 0 Å². The third kappa shape index (κ3) is 1.56. The lowest BCUT2D eigenvalue weighted by Gasteiger charge is -2.18. The summed E-state index contributed by atoms with van der Waals surface area (Å²) in [5.41, 5.74) is 0.766. The maximum atomic E-state index is 11.5. The first kappa shape index (κ1) is 10.5. The molecular weight excluding hydrogens is 220 g/mol. The monoisotopic (exact) mass is 234 g/mol. The number of aromatic nitrogens is 4. The maximum absolute atomic E-state index is 11.5. The Hall–Kier alpha value is -1.69. The predicted octanol–water partition coefficient (Wildman–Crippen LogP) is 0.453. The van der Waals surface area contributed by atoms with Gasteiger partial charge in [0, 0.05) is 18.6 Å². The molecule has 17 heavy (non-hydrogen) atoms. The summed E-state index contributed by atoms with van der Waals surface area (Å²) in [5, 5.41) is 9.34. The smallest absolute Gasteiger partial charge is 0.278 e. The molecule has 2 N–H and O–H groups in total. The highest BCUT2D eigenvalue weighted by Gasteiger charge is 2.29. The van der Waals surface area contributed by atoms with Crippen LogP contribution in [0.3, 0.4) is 0 Å². The van der Waals surface area contributed by atoms with Crippen LogP contribution in [0.25, 0.3) is 11.2 Å². The Bertz CT molecular complexity index is 588. The van der Waals surface area contributed by atoms with Crippen LogP contribution in [-0.2, 0) is 0 Å². The van der Waals surface area contributed by atoms with E-state index in [9.17, 15) is 9.90 Å². The molecule has 0 radical (unpaired) electrons. The fourth-order valence-electron chi connectivity index (χ4n) is 2.70. The molecule has 0 saturated heterocycles. The number of hydrogen-bond donors (Lipinski definition) is 2. The minimum Gasteiger partial charge on any atom is -0.396 e. The van der Waals surface area contributed by atoms with Crippen LogP contribution in [0, 0.1) is 5.92 Å². The molecule has 0 bridgehead atoms. The molecule has 0 spiro atoms. The number of nitrogens with zero attached hydrogens (tertiary/aromatic N) is 3. The van der Waals surface area contributed by atoms with Crippen LogP contribution in [0.2, 0.25) is 0 Å². The van der Waals surface area contributed by atoms with Crippen molar-refractivity contribution in [2.75, 3.05) is 6.61 Å². The van der Waals surface area contributed by atoms with Crippen LogP contribution in [0.5, 0.6) is 0 Å². The largest absolute Gasteiger partial charge is 0.396 e. The van der Waals surface area contributed by atoms with Gasteiger partial charge in [-0.05, 0) is 12.8 Å². The third-order valence-corrected chi connectivity index (χ3v) is 3.58. The third-order valence-electron chi connectivity index (χ3n) is 3.58. The van der Waals surface area contributed by atoms with Crippen LogP contribution in [0.15, 0.2) is 17.4 Å². The number of aliphatic hydroxyl groups excluding tert-OH is 1. The molecule has 1 aliphatic rings. The fraction of sp³-hybridized carbons (Fsp3) is 0.545. The Labute approximate surface area is 97.3 Å². The van der Waals surface area contributed by atoms with E-state index in [-0.39, 0.29) is 24.1 Å². The molecule has 0 aromatic carbocycles. The van der Waals surface area contributed by atoms with Crippen molar-refractivity contribution >= 4 is 11.2 Å². The van der Waals surface area contributed by atoms with Gasteiger partial charge in [-0.25, -0.2) is 9.97 Å². The van der Waals surface area contributed by atoms with Crippen LogP contribution in [0.1, 0.15) is 25.3 Å². The van der Waals surface area contributed by atoms with Gasteiger partial charge in [0.1, 0.15) is 0 Å². The first-order chi connectivity index (χ1) is 8.31. The van der Waals surface area contributed by atoms with Gasteiger partial charge in [-0.15, -0.1) is 0 Å². The Morgan fingerprint density at radius 2 is 2.35 bits per heavy atom. The first-order valence-corrected chi connectivity index (χ1v) is 5.82. The molecule has 0 unspecified atom stereocenters. The number of aromatic amines is 1. The van der Waals surface area contributed by atoms with Gasteiger partial charge in [-0.3, -0.25) is 4.79 Å². The molecule has 0 aliphatic heterocycles. The molecule has 90 valence electrons. The second-order valence-corrected chi connectivity index (χ2v) is 4.50. The van der Waals surface area contributed by atoms with Crippen molar-refractivity contribution in [2.45, 2.75) is 25.3 Å². The van der Waals surface area contributed by atoms with Crippen LogP contribution < -0.4 is 5.56 Å². The summed E-state index contributed by atoms with van der Waals surface area (Å²) in [6.45, 7) is 0.174. The summed E-state index contributed by atoms with van der Waals surface area (Å²) >= 11 is 0. The lowest BCUT2D eigenvalue weighted by Crippen LogP contribution is -2.17. The summed E-state index contributed by atoms with van der Waals surface area (Å²) < 4.78 is 1.93. The van der Waals surface area contributed by atoms with Crippen molar-refractivity contribution < 1.29 is 5.11 Å². The summed E-state index contributed by atoms with van der Waals surface area (Å²) in [7, 11) is 0. The van der Waals surface area contributed by atoms with Crippen LogP contribution in [0.4, 0.5) is 0 Å². The van der Waals surface area contributed by atoms with Crippen molar-refractivity contribution in [3.8, 4) is 0 Å². The average Bonchev–Trinajstić information content (AvgIpc) is 2.94. The molecule has 6 nitrogen and oxygen atoms in total. The molecule has 1 saturated carbocycles. The quantitative estimate of drug-likeness (QED) is 0.790. The highest BCUT2D eigenvalue weighted by atomic mass is 16.3. The standard InChI is InChI=1S/C11H14N4O2/c16-4-7-2-1-3-8(7)15-6-14-9-10(15)12-5-13-11(9)17/h5-8,16H,1-4H2,(H,12,13,17)/t7-,8-/m1/s1. The number of hydrogen-bond acceptors (Lipinski definition) is 4. The van der Waals surface area contributed by atoms with Crippen molar-refractivity contribution in [1.82, 2.24) is 19.5 Å². The Morgan fingerprint density at radius 3 is 3.18 bits per heavy atom. The van der Waals surface area contributed by atoms with E-state index < -0.39 is 0 Å². The first-order valence-electron chi connectivity index (χ1n) is 5.82. The van der Waals surface area contributed by atoms with Crippen molar-refractivity contribution in [3.63, 3.8) is 0 Å². The van der Waals surface area contributed by atoms with Gasteiger partial charge in [0.25, 0.3) is 5.56 Å². The number of H-pyrrole nitrogens is 1. The second-order valence-electron chi connectivity index (χ2n) is 4.50. The Balaban J connectivity index is 2.12. The molecule has 6 heteroatoms. The van der Waals surface area contributed by atoms with E-state index in [4.69, 9.17) is 0 Å². The van der Waals surface area contributed by atoms with E-state index in [0.717, 1.165) is 19.3 Å². The predicted molar refractivity (Wildman–Crippen MR) is 61.6 cm³/mol. The lowest BCUT2D eigenvalue weighted by molar-refractivity contribution is 0.197. The van der Waals surface area contributed by atoms with Gasteiger partial charge < -0.3 is 14.7 Å². The normalized spacial score (nSPS) is 24.5. The summed E-state index contributed by atoms with van der Waals surface area (Å²) in [5.74, 6) is 0.244. The molecule has 2 heterocycles. The van der Waals surface area contributed by atoms with Crippen molar-refractivity contribution in [3.05, 3.63) is 23.0 Å². The molecular formula is C11H14N4O2. The minimum absolute atomic E-state index is 0.174. The van der Waals surface area contributed by atoms with Gasteiger partial charge in [0.15, 0.2) is 11.2 Å². The second kappa shape index (κ2) is 3.96. The molecule has 2 atom stereocenters. The van der Waals surface area contributed by atoms with Crippen LogP contribution in [-0.4, -0.2) is 31.2 Å². The highest BCUT2D eigenvalue weighted by molar-refractivity contribution is 5.68. The number of imidazole rings is 1. The number of rotatable bonds is 2. The molecule has 1 aliphatic carbocycles. The van der Waals surface area contributed by atoms with E-state index >= 15 is 0 Å². The summed E-state index contributed by atoms with van der Waals surface area (Å²) in [4.78, 5) is 22.3. The van der Waals surface area contributed by atoms with Gasteiger partial charge >= 0.3 is 0 Å². The number of fused-ring (bicyclic) bond motifs is 1. The molecule has 3 rings (SSSR count). The van der Waals surface area contributed by atoms with E-state index in [1.165, 1.54) is 6.33 Å². The number of aliphatic hydroxyl groups is 1. The molecule has 2 aromatic heterocycles. The van der Waals surface area contributed by atoms with Crippen LogP contribution >= 0.6 is 0 Å². The highest BCUT2D eigenvalue weighted by Crippen LogP contribution is 2.36. The zero-order valence-electron chi connectivity index (χ0n) is 9.33. The molecule has 0 amide bonds. The van der Waals surface area contributed by atoms with Crippen molar-refractivity contribution in [2.24, 2.45) is 5.92 Å². The topological polar surface area (TPSA) is 83.8 Å². The average molecular weight is 234 g/mol.